The van der Waals surface area contributed by atoms with Crippen molar-refractivity contribution in [3.63, 3.8) is 0 Å². The molecule has 15 heteroatoms. The Labute approximate surface area is 239 Å². The second-order valence-corrected chi connectivity index (χ2v) is 11.9. The van der Waals surface area contributed by atoms with Gasteiger partial charge in [-0.3, -0.25) is 9.69 Å². The first-order chi connectivity index (χ1) is 19.1. The SMILES string of the molecule is COc1ccc(CN2CCC[C@@H](Oc3cc(F)c(C(=O)NS(C)(=O)=O)cc3C3CC3)C2)c(Cl)c1.O=C(O)C(F)(F)F. The number of nitrogens with one attached hydrogen (secondary N) is 1. The van der Waals surface area contributed by atoms with Crippen LogP contribution in [0.3, 0.4) is 0 Å². The molecule has 41 heavy (non-hydrogen) atoms. The van der Waals surface area contributed by atoms with Crippen molar-refractivity contribution in [1.29, 1.82) is 0 Å². The van der Waals surface area contributed by atoms with Gasteiger partial charge in [-0.05, 0) is 67.5 Å². The van der Waals surface area contributed by atoms with Gasteiger partial charge >= 0.3 is 12.1 Å². The van der Waals surface area contributed by atoms with E-state index in [0.29, 0.717) is 29.6 Å². The molecule has 0 bridgehead atoms. The molecule has 1 amide bonds. The van der Waals surface area contributed by atoms with E-state index >= 15 is 0 Å². The largest absolute Gasteiger partial charge is 0.497 e. The normalized spacial score (nSPS) is 17.7. The van der Waals surface area contributed by atoms with Crippen LogP contribution in [-0.4, -0.2) is 69.0 Å². The first-order valence-corrected chi connectivity index (χ1v) is 14.7. The third kappa shape index (κ3) is 9.75. The number of benzene rings is 2. The number of hydrogen-bond acceptors (Lipinski definition) is 7. The van der Waals surface area contributed by atoms with Gasteiger partial charge in [0.1, 0.15) is 23.4 Å². The number of piperidine rings is 1. The lowest BCUT2D eigenvalue weighted by Crippen LogP contribution is -2.40. The first-order valence-electron chi connectivity index (χ1n) is 12.4. The van der Waals surface area contributed by atoms with Crippen LogP contribution in [-0.2, 0) is 21.4 Å². The minimum absolute atomic E-state index is 0.140. The number of amides is 1. The monoisotopic (exact) mass is 624 g/mol. The van der Waals surface area contributed by atoms with Crippen molar-refractivity contribution in [3.05, 3.63) is 57.9 Å². The van der Waals surface area contributed by atoms with E-state index in [4.69, 9.17) is 31.0 Å². The molecular weight excluding hydrogens is 596 g/mol. The number of carboxylic acid groups (broad SMARTS) is 1. The quantitative estimate of drug-likeness (QED) is 0.404. The molecule has 2 aromatic carbocycles. The van der Waals surface area contributed by atoms with Crippen molar-refractivity contribution in [2.45, 2.75) is 50.4 Å². The Kier molecular flexibility index (Phi) is 10.5. The molecule has 2 aromatic rings. The van der Waals surface area contributed by atoms with Gasteiger partial charge in [0.2, 0.25) is 10.0 Å². The molecular formula is C26H29ClF4N2O7S. The number of methoxy groups -OCH3 is 1. The van der Waals surface area contributed by atoms with E-state index in [1.54, 1.807) is 13.2 Å². The smallest absolute Gasteiger partial charge is 0.490 e. The van der Waals surface area contributed by atoms with Crippen molar-refractivity contribution >= 4 is 33.5 Å². The number of sulfonamides is 1. The Morgan fingerprint density at radius 3 is 2.37 bits per heavy atom. The van der Waals surface area contributed by atoms with Gasteiger partial charge in [0.25, 0.3) is 5.91 Å². The third-order valence-corrected chi connectivity index (χ3v) is 7.20. The molecule has 0 spiro atoms. The molecule has 2 aliphatic rings. The maximum absolute atomic E-state index is 14.8. The number of carbonyl (C=O) groups is 2. The Balaban J connectivity index is 0.000000587. The maximum atomic E-state index is 14.8. The van der Waals surface area contributed by atoms with Crippen molar-refractivity contribution in [2.24, 2.45) is 0 Å². The van der Waals surface area contributed by atoms with Gasteiger partial charge in [-0.15, -0.1) is 0 Å². The second-order valence-electron chi connectivity index (χ2n) is 9.72. The second kappa shape index (κ2) is 13.3. The highest BCUT2D eigenvalue weighted by Crippen LogP contribution is 2.45. The lowest BCUT2D eigenvalue weighted by Gasteiger charge is -2.33. The summed E-state index contributed by atoms with van der Waals surface area (Å²) in [5, 5.41) is 7.77. The van der Waals surface area contributed by atoms with E-state index in [1.165, 1.54) is 12.1 Å². The van der Waals surface area contributed by atoms with Crippen LogP contribution in [0.25, 0.3) is 0 Å². The number of rotatable bonds is 8. The highest BCUT2D eigenvalue weighted by atomic mass is 35.5. The summed E-state index contributed by atoms with van der Waals surface area (Å²) in [6, 6.07) is 8.27. The summed E-state index contributed by atoms with van der Waals surface area (Å²) in [6.45, 7) is 2.22. The fraction of sp³-hybridized carbons (Fsp3) is 0.462. The van der Waals surface area contributed by atoms with E-state index in [9.17, 15) is 30.8 Å². The van der Waals surface area contributed by atoms with Crippen LogP contribution in [0.2, 0.25) is 5.02 Å². The average Bonchev–Trinajstić information content (AvgIpc) is 3.70. The van der Waals surface area contributed by atoms with Crippen molar-refractivity contribution in [2.75, 3.05) is 26.5 Å². The standard InChI is InChI=1S/C24H28ClFN2O5S.C2HF3O2/c1-32-17-8-7-16(21(25)10-17)13-28-9-3-4-18(14-28)33-23-12-22(26)20(11-19(23)15-5-6-15)24(29)27-34(2,30)31;3-2(4,5)1(6)7/h7-8,10-12,15,18H,3-6,9,13-14H2,1-2H3,(H,27,29);(H,6,7)/t18-;/m1./s1. The molecule has 0 radical (unpaired) electrons. The van der Waals surface area contributed by atoms with Gasteiger partial charge in [-0.25, -0.2) is 22.3 Å². The molecule has 1 aliphatic heterocycles. The number of ether oxygens (including phenoxy) is 2. The zero-order valence-corrected chi connectivity index (χ0v) is 23.7. The molecule has 1 saturated carbocycles. The van der Waals surface area contributed by atoms with Crippen LogP contribution in [0, 0.1) is 5.82 Å². The summed E-state index contributed by atoms with van der Waals surface area (Å²) < 4.78 is 82.6. The average molecular weight is 625 g/mol. The van der Waals surface area contributed by atoms with Gasteiger partial charge in [0.15, 0.2) is 0 Å². The topological polar surface area (TPSA) is 122 Å². The van der Waals surface area contributed by atoms with Crippen LogP contribution < -0.4 is 14.2 Å². The summed E-state index contributed by atoms with van der Waals surface area (Å²) in [4.78, 5) is 23.4. The fourth-order valence-corrected chi connectivity index (χ4v) is 4.92. The first kappa shape index (κ1) is 32.4. The van der Waals surface area contributed by atoms with E-state index < -0.39 is 33.9 Å². The van der Waals surface area contributed by atoms with Gasteiger partial charge in [-0.1, -0.05) is 17.7 Å². The highest BCUT2D eigenvalue weighted by Gasteiger charge is 2.38. The number of halogens is 5. The number of alkyl halides is 3. The molecule has 9 nitrogen and oxygen atoms in total. The molecule has 226 valence electrons. The lowest BCUT2D eigenvalue weighted by atomic mass is 10.0. The van der Waals surface area contributed by atoms with E-state index in [-0.39, 0.29) is 17.6 Å². The predicted octanol–water partition coefficient (Wildman–Crippen LogP) is 4.73. The van der Waals surface area contributed by atoms with Crippen LogP contribution in [0.4, 0.5) is 17.6 Å². The van der Waals surface area contributed by atoms with E-state index in [2.05, 4.69) is 4.90 Å². The molecule has 0 unspecified atom stereocenters. The summed E-state index contributed by atoms with van der Waals surface area (Å²) in [7, 11) is -2.20. The number of carboxylic acids is 1. The molecule has 4 rings (SSSR count). The number of nitrogens with zero attached hydrogens (tertiary/aromatic N) is 1. The van der Waals surface area contributed by atoms with Crippen molar-refractivity contribution in [3.8, 4) is 11.5 Å². The predicted molar refractivity (Wildman–Crippen MR) is 141 cm³/mol. The van der Waals surface area contributed by atoms with Crippen LogP contribution in [0.15, 0.2) is 30.3 Å². The number of likely N-dealkylation sites (tertiary alicyclic amines) is 1. The summed E-state index contributed by atoms with van der Waals surface area (Å²) >= 11 is 6.40. The zero-order valence-electron chi connectivity index (χ0n) is 22.1. The number of carbonyl (C=O) groups excluding carboxylic acids is 1. The highest BCUT2D eigenvalue weighted by molar-refractivity contribution is 7.89. The molecule has 1 heterocycles. The molecule has 2 fully saturated rings. The summed E-state index contributed by atoms with van der Waals surface area (Å²) in [5.74, 6) is -3.24. The Morgan fingerprint density at radius 1 is 1.17 bits per heavy atom. The summed E-state index contributed by atoms with van der Waals surface area (Å²) in [5.41, 5.74) is 1.45. The van der Waals surface area contributed by atoms with E-state index in [0.717, 1.165) is 49.6 Å². The minimum Gasteiger partial charge on any atom is -0.497 e. The van der Waals surface area contributed by atoms with Crippen LogP contribution in [0.1, 0.15) is 53.1 Å². The number of aliphatic carboxylic acids is 1. The number of hydrogen-bond donors (Lipinski definition) is 2. The zero-order chi connectivity index (χ0) is 30.5. The van der Waals surface area contributed by atoms with E-state index in [1.807, 2.05) is 16.9 Å². The van der Waals surface area contributed by atoms with Crippen molar-refractivity contribution < 1.29 is 50.1 Å². The van der Waals surface area contributed by atoms with Gasteiger partial charge < -0.3 is 14.6 Å². The Bertz CT molecular complexity index is 1380. The molecule has 2 N–H and O–H groups in total. The molecule has 1 saturated heterocycles. The summed E-state index contributed by atoms with van der Waals surface area (Å²) in [6.07, 6.45) is -0.776. The van der Waals surface area contributed by atoms with Gasteiger partial charge in [-0.2, -0.15) is 13.2 Å². The minimum atomic E-state index is -5.08. The van der Waals surface area contributed by atoms with Gasteiger partial charge in [0.05, 0.1) is 18.9 Å². The van der Waals surface area contributed by atoms with Crippen LogP contribution in [0.5, 0.6) is 11.5 Å². The van der Waals surface area contributed by atoms with Gasteiger partial charge in [0, 0.05) is 24.2 Å². The maximum Gasteiger partial charge on any atom is 0.490 e. The fourth-order valence-electron chi connectivity index (χ4n) is 4.24. The molecule has 0 aromatic heterocycles. The molecule has 1 atom stereocenters. The Hall–Kier alpha value is -3.10. The Morgan fingerprint density at radius 2 is 1.83 bits per heavy atom. The molecule has 1 aliphatic carbocycles. The van der Waals surface area contributed by atoms with Crippen molar-refractivity contribution in [1.82, 2.24) is 9.62 Å². The third-order valence-electron chi connectivity index (χ3n) is 6.29. The lowest BCUT2D eigenvalue weighted by molar-refractivity contribution is -0.192. The van der Waals surface area contributed by atoms with Crippen LogP contribution >= 0.6 is 11.6 Å².